The summed E-state index contributed by atoms with van der Waals surface area (Å²) in [5.41, 5.74) is 3.63. The smallest absolute Gasteiger partial charge is 0.254 e. The second-order valence-corrected chi connectivity index (χ2v) is 8.46. The number of anilines is 1. The Morgan fingerprint density at radius 1 is 1.06 bits per heavy atom. The van der Waals surface area contributed by atoms with Crippen LogP contribution in [0, 0.1) is 0 Å². The van der Waals surface area contributed by atoms with Crippen molar-refractivity contribution in [2.75, 3.05) is 19.5 Å². The fourth-order valence-corrected chi connectivity index (χ4v) is 4.91. The van der Waals surface area contributed by atoms with Crippen LogP contribution in [0.2, 0.25) is 5.02 Å². The van der Waals surface area contributed by atoms with Crippen LogP contribution in [0.1, 0.15) is 33.4 Å². The number of aromatic nitrogens is 1. The fraction of sp³-hybridized carbons (Fsp3) is 0.154. The summed E-state index contributed by atoms with van der Waals surface area (Å²) < 4.78 is 5.21. The standard InChI is InChI=1S/C26H22ClN3O3/c1-30-24(19-14-28-21-10-6-5-7-16(19)21)23(17-8-3-4-9-18(17)26(30)32)25(31)29-15-11-12-22(33-2)20(27)13-15/h3-14,23-24,28H,1-2H3,(H,29,31). The number of likely N-dealkylation sites (N-methyl/N-ethyl adjacent to an activating group) is 1. The monoisotopic (exact) mass is 459 g/mol. The number of para-hydroxylation sites is 1. The van der Waals surface area contributed by atoms with Gasteiger partial charge in [0.1, 0.15) is 5.75 Å². The number of hydrogen-bond acceptors (Lipinski definition) is 3. The molecule has 1 aliphatic rings. The number of hydrogen-bond donors (Lipinski definition) is 2. The van der Waals surface area contributed by atoms with Gasteiger partial charge >= 0.3 is 0 Å². The first-order chi connectivity index (χ1) is 16.0. The number of rotatable bonds is 4. The van der Waals surface area contributed by atoms with Crippen LogP contribution in [-0.2, 0) is 4.79 Å². The molecule has 2 N–H and O–H groups in total. The van der Waals surface area contributed by atoms with Crippen LogP contribution in [0.15, 0.2) is 72.9 Å². The Morgan fingerprint density at radius 2 is 1.82 bits per heavy atom. The first-order valence-corrected chi connectivity index (χ1v) is 10.9. The van der Waals surface area contributed by atoms with E-state index < -0.39 is 12.0 Å². The number of halogens is 1. The number of benzene rings is 3. The number of fused-ring (bicyclic) bond motifs is 2. The number of aromatic amines is 1. The number of methoxy groups -OCH3 is 1. The number of ether oxygens (including phenoxy) is 1. The van der Waals surface area contributed by atoms with Crippen LogP contribution in [0.5, 0.6) is 5.75 Å². The van der Waals surface area contributed by atoms with Crippen molar-refractivity contribution in [2.24, 2.45) is 0 Å². The molecular formula is C26H22ClN3O3. The van der Waals surface area contributed by atoms with E-state index in [1.807, 2.05) is 48.7 Å². The Morgan fingerprint density at radius 3 is 2.61 bits per heavy atom. The van der Waals surface area contributed by atoms with Gasteiger partial charge in [0.15, 0.2) is 0 Å². The molecule has 4 aromatic rings. The van der Waals surface area contributed by atoms with Crippen molar-refractivity contribution in [3.63, 3.8) is 0 Å². The van der Waals surface area contributed by atoms with Gasteiger partial charge in [0.05, 0.1) is 24.1 Å². The van der Waals surface area contributed by atoms with Gasteiger partial charge in [-0.25, -0.2) is 0 Å². The Kier molecular flexibility index (Phi) is 5.30. The van der Waals surface area contributed by atoms with E-state index in [4.69, 9.17) is 16.3 Å². The molecule has 166 valence electrons. The number of amides is 2. The molecule has 33 heavy (non-hydrogen) atoms. The molecule has 1 aromatic heterocycles. The van der Waals surface area contributed by atoms with Gasteiger partial charge in [0.2, 0.25) is 5.91 Å². The topological polar surface area (TPSA) is 74.4 Å². The molecule has 1 aliphatic heterocycles. The summed E-state index contributed by atoms with van der Waals surface area (Å²) in [5, 5.41) is 4.37. The molecule has 0 radical (unpaired) electrons. The summed E-state index contributed by atoms with van der Waals surface area (Å²) in [6, 6.07) is 19.8. The van der Waals surface area contributed by atoms with Crippen LogP contribution < -0.4 is 10.1 Å². The second-order valence-electron chi connectivity index (χ2n) is 8.05. The molecule has 7 heteroatoms. The van der Waals surface area contributed by atoms with Crippen molar-refractivity contribution < 1.29 is 14.3 Å². The lowest BCUT2D eigenvalue weighted by Crippen LogP contribution is -2.44. The molecule has 3 aromatic carbocycles. The Bertz CT molecular complexity index is 1380. The lowest BCUT2D eigenvalue weighted by molar-refractivity contribution is -0.119. The molecule has 2 atom stereocenters. The minimum Gasteiger partial charge on any atom is -0.495 e. The first-order valence-electron chi connectivity index (χ1n) is 10.6. The molecule has 2 amide bonds. The van der Waals surface area contributed by atoms with Gasteiger partial charge in [-0.05, 0) is 35.9 Å². The third-order valence-corrected chi connectivity index (χ3v) is 6.52. The van der Waals surface area contributed by atoms with E-state index in [-0.39, 0.29) is 11.8 Å². The van der Waals surface area contributed by atoms with Crippen LogP contribution in [0.4, 0.5) is 5.69 Å². The Balaban J connectivity index is 1.62. The van der Waals surface area contributed by atoms with E-state index in [1.54, 1.807) is 36.2 Å². The molecular weight excluding hydrogens is 438 g/mol. The largest absolute Gasteiger partial charge is 0.495 e. The van der Waals surface area contributed by atoms with Gasteiger partial charge < -0.3 is 19.9 Å². The summed E-state index contributed by atoms with van der Waals surface area (Å²) in [6.45, 7) is 0. The summed E-state index contributed by atoms with van der Waals surface area (Å²) in [7, 11) is 3.28. The van der Waals surface area contributed by atoms with E-state index in [0.717, 1.165) is 16.5 Å². The van der Waals surface area contributed by atoms with Gasteiger partial charge in [-0.3, -0.25) is 9.59 Å². The highest BCUT2D eigenvalue weighted by Crippen LogP contribution is 2.44. The van der Waals surface area contributed by atoms with Gasteiger partial charge in [-0.1, -0.05) is 48.0 Å². The molecule has 0 saturated heterocycles. The zero-order chi connectivity index (χ0) is 23.1. The minimum atomic E-state index is -0.621. The predicted molar refractivity (Wildman–Crippen MR) is 129 cm³/mol. The van der Waals surface area contributed by atoms with Crippen LogP contribution >= 0.6 is 11.6 Å². The van der Waals surface area contributed by atoms with Crippen molar-refractivity contribution in [3.05, 3.63) is 94.6 Å². The van der Waals surface area contributed by atoms with Crippen molar-refractivity contribution in [2.45, 2.75) is 12.0 Å². The Labute approximate surface area is 196 Å². The van der Waals surface area contributed by atoms with E-state index >= 15 is 0 Å². The summed E-state index contributed by atoms with van der Waals surface area (Å²) in [4.78, 5) is 31.9. The van der Waals surface area contributed by atoms with E-state index in [2.05, 4.69) is 10.3 Å². The zero-order valence-corrected chi connectivity index (χ0v) is 18.9. The normalized spacial score (nSPS) is 17.7. The summed E-state index contributed by atoms with van der Waals surface area (Å²) in [6.07, 6.45) is 1.89. The van der Waals surface area contributed by atoms with Crippen LogP contribution in [-0.4, -0.2) is 35.9 Å². The highest BCUT2D eigenvalue weighted by atomic mass is 35.5. The average molecular weight is 460 g/mol. The van der Waals surface area contributed by atoms with Gasteiger partial charge in [-0.2, -0.15) is 0 Å². The maximum absolute atomic E-state index is 13.8. The summed E-state index contributed by atoms with van der Waals surface area (Å²) >= 11 is 6.26. The molecule has 0 aliphatic carbocycles. The SMILES string of the molecule is COc1ccc(NC(=O)C2c3ccccc3C(=O)N(C)C2c2c[nH]c3ccccc23)cc1Cl. The van der Waals surface area contributed by atoms with Gasteiger partial charge in [0.25, 0.3) is 5.91 Å². The van der Waals surface area contributed by atoms with Crippen LogP contribution in [0.3, 0.4) is 0 Å². The highest BCUT2D eigenvalue weighted by molar-refractivity contribution is 6.32. The molecule has 0 saturated carbocycles. The lowest BCUT2D eigenvalue weighted by Gasteiger charge is -2.39. The summed E-state index contributed by atoms with van der Waals surface area (Å²) in [5.74, 6) is -0.431. The minimum absolute atomic E-state index is 0.113. The third-order valence-electron chi connectivity index (χ3n) is 6.22. The number of carbonyl (C=O) groups is 2. The average Bonchev–Trinajstić information content (AvgIpc) is 3.25. The molecule has 2 heterocycles. The molecule has 0 bridgehead atoms. The van der Waals surface area contributed by atoms with E-state index in [0.29, 0.717) is 27.6 Å². The van der Waals surface area contributed by atoms with E-state index in [1.165, 1.54) is 7.11 Å². The number of carbonyl (C=O) groups excluding carboxylic acids is 2. The van der Waals surface area contributed by atoms with Crippen molar-refractivity contribution in [1.82, 2.24) is 9.88 Å². The highest BCUT2D eigenvalue weighted by Gasteiger charge is 2.43. The van der Waals surface area contributed by atoms with E-state index in [9.17, 15) is 9.59 Å². The Hall–Kier alpha value is -3.77. The van der Waals surface area contributed by atoms with Crippen molar-refractivity contribution in [3.8, 4) is 5.75 Å². The predicted octanol–water partition coefficient (Wildman–Crippen LogP) is 5.38. The van der Waals surface area contributed by atoms with Gasteiger partial charge in [0, 0.05) is 41.0 Å². The maximum Gasteiger partial charge on any atom is 0.254 e. The number of nitrogens with zero attached hydrogens (tertiary/aromatic N) is 1. The lowest BCUT2D eigenvalue weighted by atomic mass is 9.79. The molecule has 5 rings (SSSR count). The van der Waals surface area contributed by atoms with Crippen LogP contribution in [0.25, 0.3) is 10.9 Å². The molecule has 0 spiro atoms. The molecule has 6 nitrogen and oxygen atoms in total. The third kappa shape index (κ3) is 3.52. The first kappa shape index (κ1) is 21.1. The van der Waals surface area contributed by atoms with Gasteiger partial charge in [-0.15, -0.1) is 0 Å². The van der Waals surface area contributed by atoms with Crippen molar-refractivity contribution >= 4 is 40.0 Å². The fourth-order valence-electron chi connectivity index (χ4n) is 4.65. The maximum atomic E-state index is 13.8. The quantitative estimate of drug-likeness (QED) is 0.430. The molecule has 0 fully saturated rings. The number of H-pyrrole nitrogens is 1. The second kappa shape index (κ2) is 8.30. The molecule has 2 unspecified atom stereocenters. The number of nitrogens with one attached hydrogen (secondary N) is 2. The zero-order valence-electron chi connectivity index (χ0n) is 18.1. The van der Waals surface area contributed by atoms with Crippen molar-refractivity contribution in [1.29, 1.82) is 0 Å².